The number of H-pyrrole nitrogens is 1. The van der Waals surface area contributed by atoms with Gasteiger partial charge in [-0.15, -0.1) is 0 Å². The highest BCUT2D eigenvalue weighted by molar-refractivity contribution is 6.00. The Labute approximate surface area is 394 Å². The van der Waals surface area contributed by atoms with Gasteiger partial charge in [-0.25, -0.2) is 23.1 Å². The largest absolute Gasteiger partial charge is 0.438 e. The van der Waals surface area contributed by atoms with E-state index in [2.05, 4.69) is 54.2 Å². The van der Waals surface area contributed by atoms with Gasteiger partial charge in [0.2, 0.25) is 0 Å². The number of benzene rings is 3. The molecule has 1 spiro atoms. The average molecular weight is 939 g/mol. The second-order valence-corrected chi connectivity index (χ2v) is 20.5. The maximum absolute atomic E-state index is 16.3. The number of imidazole rings is 1. The number of hydrogen-bond donors (Lipinski definition) is 1. The monoisotopic (exact) mass is 938 g/mol. The first-order valence-corrected chi connectivity index (χ1v) is 23.6. The fraction of sp³-hybridized carbons (Fsp3) is 0.412. The minimum absolute atomic E-state index is 0.0246. The van der Waals surface area contributed by atoms with Crippen molar-refractivity contribution in [3.63, 3.8) is 0 Å². The molecule has 8 heterocycles. The summed E-state index contributed by atoms with van der Waals surface area (Å²) in [7, 11) is 1.72. The molecular weight excluding hydrogens is 887 g/mol. The number of aromatic amines is 1. The van der Waals surface area contributed by atoms with E-state index < -0.39 is 34.3 Å². The third kappa shape index (κ3) is 6.36. The van der Waals surface area contributed by atoms with Crippen LogP contribution >= 0.6 is 0 Å². The van der Waals surface area contributed by atoms with Crippen LogP contribution < -0.4 is 11.4 Å². The van der Waals surface area contributed by atoms with E-state index in [0.717, 1.165) is 29.3 Å². The molecule has 8 aromatic rings. The maximum Gasteiger partial charge on any atom is 0.438 e. The van der Waals surface area contributed by atoms with Crippen LogP contribution in [0.1, 0.15) is 110 Å². The van der Waals surface area contributed by atoms with Crippen molar-refractivity contribution in [1.82, 2.24) is 48.3 Å². The van der Waals surface area contributed by atoms with Crippen LogP contribution in [0.3, 0.4) is 0 Å². The molecule has 1 saturated carbocycles. The van der Waals surface area contributed by atoms with Gasteiger partial charge in [-0.2, -0.15) is 10.2 Å². The van der Waals surface area contributed by atoms with E-state index in [4.69, 9.17) is 19.1 Å². The molecule has 1 N–H and O–H groups in total. The third-order valence-electron chi connectivity index (χ3n) is 15.6. The lowest BCUT2D eigenvalue weighted by Crippen LogP contribution is -2.51. The van der Waals surface area contributed by atoms with E-state index in [0.29, 0.717) is 77.0 Å². The van der Waals surface area contributed by atoms with Gasteiger partial charge in [0.1, 0.15) is 22.9 Å². The minimum Gasteiger partial charge on any atom is -0.380 e. The predicted molar refractivity (Wildman–Crippen MR) is 251 cm³/mol. The standard InChI is InChI=1S/C51H52F2N10O6/c1-27-18-34(19-28(2)41(27)52)63-44(60-15-14-59(48(60)66)38-11-10-37-35(42(38)53)24-54-58(37)7)40-30(4)61(25-50(43(40)56-63)13-17-67-26-50)45(64)39-21-33-20-31(32-12-16-68-49(5,6)23-32)8-9-36(33)62(39)51(22-29(51)3)46-55-47(65)69-57-46/h8-11,14-15,18-21,24,29-30,32H,12-13,16-17,22-23,25-26H2,1-7H3,(H,55,57,65)/t29-,30-,32-,50?,51-/m0/s1. The highest BCUT2D eigenvalue weighted by Gasteiger charge is 2.60. The first-order valence-electron chi connectivity index (χ1n) is 23.6. The fourth-order valence-corrected chi connectivity index (χ4v) is 11.9. The Kier molecular flexibility index (Phi) is 9.45. The highest BCUT2D eigenvalue weighted by atomic mass is 19.1. The van der Waals surface area contributed by atoms with E-state index in [1.54, 1.807) is 60.7 Å². The van der Waals surface area contributed by atoms with Gasteiger partial charge in [0.05, 0.1) is 57.8 Å². The van der Waals surface area contributed by atoms with Crippen molar-refractivity contribution < 1.29 is 27.6 Å². The van der Waals surface area contributed by atoms with Crippen LogP contribution in [0.25, 0.3) is 39.0 Å². The van der Waals surface area contributed by atoms with Crippen LogP contribution in [-0.2, 0) is 27.5 Å². The van der Waals surface area contributed by atoms with Gasteiger partial charge >= 0.3 is 11.4 Å². The number of aryl methyl sites for hydroxylation is 3. The van der Waals surface area contributed by atoms with Gasteiger partial charge in [-0.05, 0) is 131 Å². The highest BCUT2D eigenvalue weighted by Crippen LogP contribution is 2.56. The zero-order valence-electron chi connectivity index (χ0n) is 39.5. The Hall–Kier alpha value is -6.92. The molecule has 4 aliphatic rings. The molecule has 0 bridgehead atoms. The molecule has 2 saturated heterocycles. The number of halogens is 2. The normalized spacial score (nSPS) is 24.2. The number of carbonyl (C=O) groups excluding carboxylic acids is 1. The second kappa shape index (κ2) is 15.0. The van der Waals surface area contributed by atoms with Crippen molar-refractivity contribution in [3.8, 4) is 17.2 Å². The molecule has 16 nitrogen and oxygen atoms in total. The predicted octanol–water partition coefficient (Wildman–Crippen LogP) is 7.56. The summed E-state index contributed by atoms with van der Waals surface area (Å²) in [6, 6.07) is 14.3. The maximum atomic E-state index is 16.3. The van der Waals surface area contributed by atoms with Crippen molar-refractivity contribution in [1.29, 1.82) is 0 Å². The van der Waals surface area contributed by atoms with Gasteiger partial charge in [0.25, 0.3) is 5.91 Å². The topological polar surface area (TPSA) is 165 Å². The molecule has 3 aromatic carbocycles. The Balaban J connectivity index is 1.05. The van der Waals surface area contributed by atoms with E-state index in [1.165, 1.54) is 21.5 Å². The van der Waals surface area contributed by atoms with Gasteiger partial charge in [-0.1, -0.05) is 18.1 Å². The molecule has 3 fully saturated rings. The van der Waals surface area contributed by atoms with Crippen molar-refractivity contribution in [2.45, 2.75) is 95.7 Å². The summed E-state index contributed by atoms with van der Waals surface area (Å²) in [6.45, 7) is 13.1. The van der Waals surface area contributed by atoms with Crippen molar-refractivity contribution in [2.24, 2.45) is 13.0 Å². The number of rotatable bonds is 7. The number of ether oxygens (including phenoxy) is 2. The molecule has 18 heteroatoms. The lowest BCUT2D eigenvalue weighted by molar-refractivity contribution is -0.0592. The summed E-state index contributed by atoms with van der Waals surface area (Å²) in [5.74, 6) is -1.03. The van der Waals surface area contributed by atoms with Crippen LogP contribution in [0.4, 0.5) is 8.78 Å². The quantitative estimate of drug-likeness (QED) is 0.170. The van der Waals surface area contributed by atoms with Crippen molar-refractivity contribution >= 4 is 27.7 Å². The van der Waals surface area contributed by atoms with Crippen LogP contribution in [0.5, 0.6) is 0 Å². The zero-order chi connectivity index (χ0) is 48.1. The lowest BCUT2D eigenvalue weighted by atomic mass is 9.76. The zero-order valence-corrected chi connectivity index (χ0v) is 39.5. The Morgan fingerprint density at radius 2 is 1.68 bits per heavy atom. The van der Waals surface area contributed by atoms with Gasteiger partial charge in [0.15, 0.2) is 11.6 Å². The van der Waals surface area contributed by atoms with Gasteiger partial charge in [0, 0.05) is 55.7 Å². The molecule has 5 aromatic heterocycles. The summed E-state index contributed by atoms with van der Waals surface area (Å²) in [5, 5.41) is 14.9. The van der Waals surface area contributed by atoms with Crippen LogP contribution in [0, 0.1) is 31.4 Å². The molecule has 12 rings (SSSR count). The molecule has 1 aliphatic carbocycles. The molecular formula is C51H52F2N10O6. The molecule has 3 aliphatic heterocycles. The van der Waals surface area contributed by atoms with Gasteiger partial charge in [-0.3, -0.25) is 28.1 Å². The Morgan fingerprint density at radius 1 is 0.928 bits per heavy atom. The summed E-state index contributed by atoms with van der Waals surface area (Å²) < 4.78 is 57.0. The fourth-order valence-electron chi connectivity index (χ4n) is 11.9. The number of amides is 1. The first kappa shape index (κ1) is 43.4. The number of fused-ring (bicyclic) bond motifs is 4. The van der Waals surface area contributed by atoms with E-state index in [-0.39, 0.29) is 53.4 Å². The molecule has 1 unspecified atom stereocenters. The Bertz CT molecular complexity index is 3540. The second-order valence-electron chi connectivity index (χ2n) is 20.5. The number of aromatic nitrogens is 9. The summed E-state index contributed by atoms with van der Waals surface area (Å²) in [4.78, 5) is 48.2. The van der Waals surface area contributed by atoms with Crippen LogP contribution in [0.15, 0.2) is 81.2 Å². The van der Waals surface area contributed by atoms with Crippen LogP contribution in [0.2, 0.25) is 0 Å². The SMILES string of the molecule is Cc1cc(-n2nc3c(c2-n2ccn(-c4ccc5c(cnn5C)c4F)c2=O)[C@H](C)N(C(=O)c2cc4cc([C@H]5CCOC(C)(C)C5)ccc4n2[C@@]2(c4noc(=O)[nH]4)C[C@@H]2C)CC32CCOC2)cc(C)c1F. The van der Waals surface area contributed by atoms with E-state index >= 15 is 13.6 Å². The average Bonchev–Trinajstić information content (AvgIpc) is 4.08. The van der Waals surface area contributed by atoms with E-state index in [1.807, 2.05) is 22.5 Å². The Morgan fingerprint density at radius 3 is 2.38 bits per heavy atom. The molecule has 0 radical (unpaired) electrons. The lowest BCUT2D eigenvalue weighted by Gasteiger charge is -2.43. The van der Waals surface area contributed by atoms with Crippen molar-refractivity contribution in [3.05, 3.63) is 139 Å². The van der Waals surface area contributed by atoms with Crippen molar-refractivity contribution in [2.75, 3.05) is 26.4 Å². The number of carbonyl (C=O) groups is 1. The summed E-state index contributed by atoms with van der Waals surface area (Å²) >= 11 is 0. The molecule has 356 valence electrons. The summed E-state index contributed by atoms with van der Waals surface area (Å²) in [5.41, 5.74) is 2.94. The molecule has 69 heavy (non-hydrogen) atoms. The third-order valence-corrected chi connectivity index (χ3v) is 15.6. The number of hydrogen-bond acceptors (Lipinski definition) is 9. The first-order chi connectivity index (χ1) is 33.0. The van der Waals surface area contributed by atoms with Gasteiger partial charge < -0.3 is 18.9 Å². The molecule has 1 amide bonds. The number of nitrogens with one attached hydrogen (secondary N) is 1. The minimum atomic E-state index is -0.891. The smallest absolute Gasteiger partial charge is 0.380 e. The number of nitrogens with zero attached hydrogens (tertiary/aromatic N) is 9. The summed E-state index contributed by atoms with van der Waals surface area (Å²) in [6.07, 6.45) is 7.34. The van der Waals surface area contributed by atoms with Crippen LogP contribution in [-0.4, -0.2) is 86.2 Å². The van der Waals surface area contributed by atoms with E-state index in [9.17, 15) is 9.59 Å². The molecule has 5 atom stereocenters.